The van der Waals surface area contributed by atoms with Crippen LogP contribution in [0.2, 0.25) is 0 Å². The molecule has 0 bridgehead atoms. The molecular formula is C13H21BrN2S. The SMILES string of the molecule is CCC1CCC(C(Cc2ccc(Br)s2)NN)C1. The summed E-state index contributed by atoms with van der Waals surface area (Å²) >= 11 is 5.33. The number of rotatable bonds is 5. The average molecular weight is 317 g/mol. The first-order valence-corrected chi connectivity index (χ1v) is 8.04. The van der Waals surface area contributed by atoms with E-state index in [0.29, 0.717) is 6.04 Å². The normalized spacial score (nSPS) is 26.3. The molecule has 0 saturated heterocycles. The van der Waals surface area contributed by atoms with E-state index >= 15 is 0 Å². The first-order chi connectivity index (χ1) is 8.22. The van der Waals surface area contributed by atoms with Crippen LogP contribution >= 0.6 is 27.3 Å². The van der Waals surface area contributed by atoms with Crippen LogP contribution in [0.25, 0.3) is 0 Å². The van der Waals surface area contributed by atoms with Crippen LogP contribution in [-0.2, 0) is 6.42 Å². The smallest absolute Gasteiger partial charge is 0.0701 e. The average Bonchev–Trinajstić information content (AvgIpc) is 2.94. The van der Waals surface area contributed by atoms with Crippen LogP contribution in [0.3, 0.4) is 0 Å². The molecule has 2 nitrogen and oxygen atoms in total. The Morgan fingerprint density at radius 2 is 2.35 bits per heavy atom. The highest BCUT2D eigenvalue weighted by molar-refractivity contribution is 9.11. The van der Waals surface area contributed by atoms with Gasteiger partial charge in [0.15, 0.2) is 0 Å². The summed E-state index contributed by atoms with van der Waals surface area (Å²) in [4.78, 5) is 1.42. The molecule has 0 aromatic carbocycles. The van der Waals surface area contributed by atoms with Gasteiger partial charge in [-0.15, -0.1) is 11.3 Å². The van der Waals surface area contributed by atoms with Crippen molar-refractivity contribution in [2.24, 2.45) is 17.7 Å². The van der Waals surface area contributed by atoms with Gasteiger partial charge in [0.1, 0.15) is 0 Å². The molecule has 17 heavy (non-hydrogen) atoms. The lowest BCUT2D eigenvalue weighted by atomic mass is 9.93. The molecule has 0 radical (unpaired) electrons. The molecule has 2 rings (SSSR count). The topological polar surface area (TPSA) is 38.0 Å². The zero-order chi connectivity index (χ0) is 12.3. The Morgan fingerprint density at radius 1 is 1.53 bits per heavy atom. The molecule has 0 spiro atoms. The van der Waals surface area contributed by atoms with Crippen molar-refractivity contribution in [3.8, 4) is 0 Å². The minimum absolute atomic E-state index is 0.442. The Kier molecular flexibility index (Phi) is 5.03. The predicted molar refractivity (Wildman–Crippen MR) is 78.0 cm³/mol. The van der Waals surface area contributed by atoms with E-state index in [1.54, 1.807) is 0 Å². The number of hydrogen-bond acceptors (Lipinski definition) is 3. The first-order valence-electron chi connectivity index (χ1n) is 6.43. The lowest BCUT2D eigenvalue weighted by molar-refractivity contribution is 0.349. The lowest BCUT2D eigenvalue weighted by Gasteiger charge is -2.22. The third kappa shape index (κ3) is 3.53. The third-order valence-electron chi connectivity index (χ3n) is 3.99. The summed E-state index contributed by atoms with van der Waals surface area (Å²) in [7, 11) is 0. The maximum absolute atomic E-state index is 5.74. The van der Waals surface area contributed by atoms with Crippen LogP contribution in [0.15, 0.2) is 15.9 Å². The zero-order valence-electron chi connectivity index (χ0n) is 10.3. The Bertz CT molecular complexity index is 353. The Morgan fingerprint density at radius 3 is 2.88 bits per heavy atom. The maximum atomic E-state index is 5.74. The van der Waals surface area contributed by atoms with Gasteiger partial charge in [-0.25, -0.2) is 0 Å². The monoisotopic (exact) mass is 316 g/mol. The van der Waals surface area contributed by atoms with Gasteiger partial charge in [0.05, 0.1) is 3.79 Å². The molecular weight excluding hydrogens is 296 g/mol. The number of thiophene rings is 1. The van der Waals surface area contributed by atoms with Gasteiger partial charge < -0.3 is 0 Å². The summed E-state index contributed by atoms with van der Waals surface area (Å²) in [6, 6.07) is 4.76. The first kappa shape index (κ1) is 13.5. The van der Waals surface area contributed by atoms with Crippen molar-refractivity contribution in [3.63, 3.8) is 0 Å². The van der Waals surface area contributed by atoms with Gasteiger partial charge in [-0.1, -0.05) is 19.8 Å². The van der Waals surface area contributed by atoms with Gasteiger partial charge in [0, 0.05) is 10.9 Å². The largest absolute Gasteiger partial charge is 0.271 e. The molecule has 0 amide bonds. The molecule has 3 atom stereocenters. The standard InChI is InChI=1S/C13H21BrN2S/c1-2-9-3-4-10(7-9)12(16-15)8-11-5-6-13(14)17-11/h5-6,9-10,12,16H,2-4,7-8,15H2,1H3. The van der Waals surface area contributed by atoms with E-state index in [1.807, 2.05) is 11.3 Å². The highest BCUT2D eigenvalue weighted by atomic mass is 79.9. The summed E-state index contributed by atoms with van der Waals surface area (Å²) in [6.45, 7) is 2.30. The van der Waals surface area contributed by atoms with E-state index < -0.39 is 0 Å². The van der Waals surface area contributed by atoms with E-state index in [4.69, 9.17) is 5.84 Å². The van der Waals surface area contributed by atoms with Crippen molar-refractivity contribution in [1.29, 1.82) is 0 Å². The Hall–Kier alpha value is 0.1000. The maximum Gasteiger partial charge on any atom is 0.0701 e. The molecule has 3 unspecified atom stereocenters. The molecule has 1 heterocycles. The Labute approximate surface area is 116 Å². The second-order valence-electron chi connectivity index (χ2n) is 5.03. The van der Waals surface area contributed by atoms with E-state index in [9.17, 15) is 0 Å². The van der Waals surface area contributed by atoms with Gasteiger partial charge in [-0.3, -0.25) is 11.3 Å². The van der Waals surface area contributed by atoms with Crippen molar-refractivity contribution in [2.45, 2.75) is 45.1 Å². The molecule has 1 saturated carbocycles. The minimum Gasteiger partial charge on any atom is -0.271 e. The molecule has 1 aliphatic rings. The summed E-state index contributed by atoms with van der Waals surface area (Å²) in [5.74, 6) is 7.41. The number of nitrogens with two attached hydrogens (primary N) is 1. The summed E-state index contributed by atoms with van der Waals surface area (Å²) in [5.41, 5.74) is 3.04. The van der Waals surface area contributed by atoms with Gasteiger partial charge in [-0.2, -0.15) is 0 Å². The van der Waals surface area contributed by atoms with Crippen LogP contribution in [-0.4, -0.2) is 6.04 Å². The van der Waals surface area contributed by atoms with Gasteiger partial charge in [0.25, 0.3) is 0 Å². The molecule has 1 aromatic heterocycles. The van der Waals surface area contributed by atoms with E-state index in [-0.39, 0.29) is 0 Å². The van der Waals surface area contributed by atoms with Crippen LogP contribution in [0, 0.1) is 11.8 Å². The Balaban J connectivity index is 1.93. The second kappa shape index (κ2) is 6.32. The van der Waals surface area contributed by atoms with Crippen molar-refractivity contribution < 1.29 is 0 Å². The quantitative estimate of drug-likeness (QED) is 0.642. The van der Waals surface area contributed by atoms with Crippen molar-refractivity contribution in [3.05, 3.63) is 20.8 Å². The van der Waals surface area contributed by atoms with Crippen molar-refractivity contribution in [1.82, 2.24) is 5.43 Å². The van der Waals surface area contributed by atoms with Crippen LogP contribution in [0.5, 0.6) is 0 Å². The third-order valence-corrected chi connectivity index (χ3v) is 5.64. The predicted octanol–water partition coefficient (Wildman–Crippen LogP) is 3.71. The van der Waals surface area contributed by atoms with Crippen LogP contribution in [0.1, 0.15) is 37.5 Å². The summed E-state index contributed by atoms with van der Waals surface area (Å²) < 4.78 is 1.21. The fourth-order valence-electron chi connectivity index (χ4n) is 2.89. The molecule has 1 aromatic rings. The fraction of sp³-hybridized carbons (Fsp3) is 0.692. The zero-order valence-corrected chi connectivity index (χ0v) is 12.7. The second-order valence-corrected chi connectivity index (χ2v) is 7.58. The van der Waals surface area contributed by atoms with E-state index in [0.717, 1.165) is 18.3 Å². The molecule has 1 fully saturated rings. The highest BCUT2D eigenvalue weighted by Gasteiger charge is 2.29. The van der Waals surface area contributed by atoms with Crippen molar-refractivity contribution >= 4 is 27.3 Å². The molecule has 1 aliphatic carbocycles. The van der Waals surface area contributed by atoms with E-state index in [1.165, 1.54) is 34.3 Å². The lowest BCUT2D eigenvalue weighted by Crippen LogP contribution is -2.41. The molecule has 4 heteroatoms. The number of hydrogen-bond donors (Lipinski definition) is 2. The van der Waals surface area contributed by atoms with Crippen molar-refractivity contribution in [2.75, 3.05) is 0 Å². The number of halogens is 1. The molecule has 96 valence electrons. The van der Waals surface area contributed by atoms with Crippen LogP contribution < -0.4 is 11.3 Å². The number of nitrogens with one attached hydrogen (secondary N) is 1. The fourth-order valence-corrected chi connectivity index (χ4v) is 4.43. The number of hydrazine groups is 1. The van der Waals surface area contributed by atoms with E-state index in [2.05, 4.69) is 40.4 Å². The van der Waals surface area contributed by atoms with Crippen LogP contribution in [0.4, 0.5) is 0 Å². The minimum atomic E-state index is 0.442. The summed E-state index contributed by atoms with van der Waals surface area (Å²) in [5, 5.41) is 0. The molecule has 3 N–H and O–H groups in total. The van der Waals surface area contributed by atoms with Gasteiger partial charge in [-0.05, 0) is 59.2 Å². The highest BCUT2D eigenvalue weighted by Crippen LogP contribution is 2.36. The van der Waals surface area contributed by atoms with Gasteiger partial charge >= 0.3 is 0 Å². The van der Waals surface area contributed by atoms with Gasteiger partial charge in [0.2, 0.25) is 0 Å². The summed E-state index contributed by atoms with van der Waals surface area (Å²) in [6.07, 6.45) is 6.44. The molecule has 0 aliphatic heterocycles.